The van der Waals surface area contributed by atoms with E-state index in [1.165, 1.54) is 13.5 Å². The fourth-order valence-corrected chi connectivity index (χ4v) is 2.36. The number of carbonyl (C=O) groups is 2. The van der Waals surface area contributed by atoms with Crippen LogP contribution in [-0.4, -0.2) is 23.9 Å². The number of oxazole rings is 1. The Morgan fingerprint density at radius 1 is 1.04 bits per heavy atom. The summed E-state index contributed by atoms with van der Waals surface area (Å²) < 4.78 is 10.6. The Labute approximate surface area is 153 Å². The molecule has 0 atom stereocenters. The normalized spacial score (nSPS) is 10.2. The molecule has 0 bridgehead atoms. The average molecular weight is 372 g/mol. The third-order valence-corrected chi connectivity index (χ3v) is 3.72. The summed E-state index contributed by atoms with van der Waals surface area (Å²) in [5.74, 6) is -0.613. The van der Waals surface area contributed by atoms with E-state index in [0.29, 0.717) is 33.5 Å². The smallest absolute Gasteiger partial charge is 0.314 e. The van der Waals surface area contributed by atoms with Gasteiger partial charge in [-0.1, -0.05) is 11.6 Å². The fraction of sp³-hybridized carbons (Fsp3) is 0.0556. The number of ether oxygens (including phenoxy) is 1. The number of amides is 2. The second kappa shape index (κ2) is 7.71. The molecule has 0 aliphatic carbocycles. The lowest BCUT2D eigenvalue weighted by Crippen LogP contribution is -2.29. The van der Waals surface area contributed by atoms with Crippen LogP contribution in [0, 0.1) is 0 Å². The Hall–Kier alpha value is -3.32. The molecule has 0 radical (unpaired) electrons. The molecule has 0 spiro atoms. The minimum Gasteiger partial charge on any atom is -0.496 e. The molecular formula is C18H14ClN3O4. The summed E-state index contributed by atoms with van der Waals surface area (Å²) in [5.41, 5.74) is 1.54. The number of hydrogen-bond donors (Lipinski definition) is 2. The molecule has 0 fully saturated rings. The Bertz CT molecular complexity index is 924. The Morgan fingerprint density at radius 3 is 2.31 bits per heavy atom. The highest BCUT2D eigenvalue weighted by molar-refractivity contribution is 6.43. The third-order valence-electron chi connectivity index (χ3n) is 3.47. The van der Waals surface area contributed by atoms with Crippen molar-refractivity contribution in [3.63, 3.8) is 0 Å². The molecule has 0 saturated heterocycles. The lowest BCUT2D eigenvalue weighted by atomic mass is 10.1. The second-order valence-electron chi connectivity index (χ2n) is 5.20. The summed E-state index contributed by atoms with van der Waals surface area (Å²) in [4.78, 5) is 27.9. The number of carbonyl (C=O) groups excluding carboxylic acids is 2. The average Bonchev–Trinajstić information content (AvgIpc) is 3.18. The van der Waals surface area contributed by atoms with E-state index < -0.39 is 11.8 Å². The van der Waals surface area contributed by atoms with Crippen molar-refractivity contribution in [2.45, 2.75) is 0 Å². The van der Waals surface area contributed by atoms with Crippen LogP contribution < -0.4 is 15.4 Å². The second-order valence-corrected chi connectivity index (χ2v) is 5.63. The molecule has 26 heavy (non-hydrogen) atoms. The highest BCUT2D eigenvalue weighted by Gasteiger charge is 2.16. The molecule has 3 aromatic rings. The third kappa shape index (κ3) is 4.01. The number of halogens is 1. The van der Waals surface area contributed by atoms with Gasteiger partial charge in [0, 0.05) is 22.5 Å². The molecule has 2 N–H and O–H groups in total. The minimum absolute atomic E-state index is 0.404. The van der Waals surface area contributed by atoms with Gasteiger partial charge in [-0.25, -0.2) is 4.98 Å². The first-order valence-corrected chi connectivity index (χ1v) is 7.89. The number of methoxy groups -OCH3 is 1. The molecule has 0 aliphatic heterocycles. The number of benzene rings is 2. The summed E-state index contributed by atoms with van der Waals surface area (Å²) in [6, 6.07) is 11.3. The van der Waals surface area contributed by atoms with Crippen LogP contribution in [0.2, 0.25) is 5.02 Å². The van der Waals surface area contributed by atoms with E-state index in [2.05, 4.69) is 15.6 Å². The largest absolute Gasteiger partial charge is 0.496 e. The molecule has 0 unspecified atom stereocenters. The van der Waals surface area contributed by atoms with Crippen LogP contribution in [0.3, 0.4) is 0 Å². The van der Waals surface area contributed by atoms with Crippen LogP contribution in [0.25, 0.3) is 11.3 Å². The molecular weight excluding hydrogens is 358 g/mol. The molecule has 7 nitrogen and oxygen atoms in total. The summed E-state index contributed by atoms with van der Waals surface area (Å²) in [5, 5.41) is 5.54. The highest BCUT2D eigenvalue weighted by atomic mass is 35.5. The van der Waals surface area contributed by atoms with E-state index in [9.17, 15) is 9.59 Å². The monoisotopic (exact) mass is 371 g/mol. The highest BCUT2D eigenvalue weighted by Crippen LogP contribution is 2.32. The van der Waals surface area contributed by atoms with E-state index in [4.69, 9.17) is 20.8 Å². The van der Waals surface area contributed by atoms with Crippen molar-refractivity contribution in [3.8, 4) is 17.1 Å². The quantitative estimate of drug-likeness (QED) is 0.684. The van der Waals surface area contributed by atoms with Gasteiger partial charge < -0.3 is 19.8 Å². The first-order valence-electron chi connectivity index (χ1n) is 7.51. The van der Waals surface area contributed by atoms with Gasteiger partial charge in [0.15, 0.2) is 12.2 Å². The lowest BCUT2D eigenvalue weighted by Gasteiger charge is -2.10. The maximum atomic E-state index is 12.1. The van der Waals surface area contributed by atoms with Crippen molar-refractivity contribution in [3.05, 3.63) is 60.1 Å². The van der Waals surface area contributed by atoms with Gasteiger partial charge in [-0.2, -0.15) is 0 Å². The SMILES string of the molecule is COc1cc(NC(=O)C(=O)Nc2ccc(Cl)cc2)ccc1-c1cnco1. The summed E-state index contributed by atoms with van der Waals surface area (Å²) in [6.45, 7) is 0. The van der Waals surface area contributed by atoms with E-state index >= 15 is 0 Å². The van der Waals surface area contributed by atoms with Gasteiger partial charge in [-0.05, 0) is 36.4 Å². The van der Waals surface area contributed by atoms with Crippen molar-refractivity contribution in [1.29, 1.82) is 0 Å². The van der Waals surface area contributed by atoms with Crippen LogP contribution >= 0.6 is 11.6 Å². The number of hydrogen-bond acceptors (Lipinski definition) is 5. The van der Waals surface area contributed by atoms with Crippen molar-refractivity contribution in [2.75, 3.05) is 17.7 Å². The van der Waals surface area contributed by atoms with Crippen molar-refractivity contribution in [2.24, 2.45) is 0 Å². The molecule has 0 saturated carbocycles. The molecule has 8 heteroatoms. The number of nitrogens with one attached hydrogen (secondary N) is 2. The van der Waals surface area contributed by atoms with Gasteiger partial charge in [0.25, 0.3) is 0 Å². The number of nitrogens with zero attached hydrogens (tertiary/aromatic N) is 1. The number of aromatic nitrogens is 1. The molecule has 2 aromatic carbocycles. The standard InChI is InChI=1S/C18H14ClN3O4/c1-25-15-8-13(6-7-14(15)16-9-20-10-26-16)22-18(24)17(23)21-12-4-2-11(19)3-5-12/h2-10H,1H3,(H,21,23)(H,22,24). The van der Waals surface area contributed by atoms with Gasteiger partial charge in [0.2, 0.25) is 0 Å². The van der Waals surface area contributed by atoms with Gasteiger partial charge in [-0.15, -0.1) is 0 Å². The van der Waals surface area contributed by atoms with Crippen LogP contribution in [0.4, 0.5) is 11.4 Å². The first kappa shape index (κ1) is 17.5. The minimum atomic E-state index is -0.811. The van der Waals surface area contributed by atoms with E-state index in [0.717, 1.165) is 0 Å². The summed E-state index contributed by atoms with van der Waals surface area (Å²) in [6.07, 6.45) is 2.86. The molecule has 3 rings (SSSR count). The summed E-state index contributed by atoms with van der Waals surface area (Å²) in [7, 11) is 1.49. The predicted molar refractivity (Wildman–Crippen MR) is 97.2 cm³/mol. The fourth-order valence-electron chi connectivity index (χ4n) is 2.23. The maximum absolute atomic E-state index is 12.1. The van der Waals surface area contributed by atoms with E-state index in [-0.39, 0.29) is 0 Å². The van der Waals surface area contributed by atoms with Crippen molar-refractivity contribution in [1.82, 2.24) is 4.98 Å². The van der Waals surface area contributed by atoms with Crippen molar-refractivity contribution < 1.29 is 18.7 Å². The van der Waals surface area contributed by atoms with E-state index in [1.807, 2.05) is 0 Å². The molecule has 0 aliphatic rings. The molecule has 2 amide bonds. The van der Waals surface area contributed by atoms with Gasteiger partial charge >= 0.3 is 11.8 Å². The van der Waals surface area contributed by atoms with Gasteiger partial charge in [-0.3, -0.25) is 9.59 Å². The Kier molecular flexibility index (Phi) is 5.19. The molecule has 1 heterocycles. The predicted octanol–water partition coefficient (Wildman–Crippen LogP) is 3.58. The van der Waals surface area contributed by atoms with Crippen molar-refractivity contribution >= 4 is 34.8 Å². The van der Waals surface area contributed by atoms with Crippen LogP contribution in [0.15, 0.2) is 59.5 Å². The van der Waals surface area contributed by atoms with Crippen LogP contribution in [0.5, 0.6) is 5.75 Å². The number of rotatable bonds is 4. The zero-order valence-corrected chi connectivity index (χ0v) is 14.4. The van der Waals surface area contributed by atoms with Gasteiger partial charge in [0.05, 0.1) is 18.9 Å². The first-order chi connectivity index (χ1) is 12.6. The zero-order valence-electron chi connectivity index (χ0n) is 13.7. The number of anilines is 2. The Balaban J connectivity index is 1.70. The lowest BCUT2D eigenvalue weighted by molar-refractivity contribution is -0.132. The molecule has 1 aromatic heterocycles. The summed E-state index contributed by atoms with van der Waals surface area (Å²) >= 11 is 5.78. The zero-order chi connectivity index (χ0) is 18.5. The van der Waals surface area contributed by atoms with Gasteiger partial charge in [0.1, 0.15) is 5.75 Å². The maximum Gasteiger partial charge on any atom is 0.314 e. The van der Waals surface area contributed by atoms with E-state index in [1.54, 1.807) is 48.7 Å². The molecule has 132 valence electrons. The van der Waals surface area contributed by atoms with Crippen LogP contribution in [-0.2, 0) is 9.59 Å². The topological polar surface area (TPSA) is 93.5 Å². The Morgan fingerprint density at radius 2 is 1.69 bits per heavy atom. The van der Waals surface area contributed by atoms with Crippen LogP contribution in [0.1, 0.15) is 0 Å².